The van der Waals surface area contributed by atoms with Crippen molar-refractivity contribution in [2.75, 3.05) is 13.7 Å². The Labute approximate surface area is 158 Å². The Hall–Kier alpha value is -0.670. The summed E-state index contributed by atoms with van der Waals surface area (Å²) < 4.78 is 5.26. The van der Waals surface area contributed by atoms with E-state index in [0.717, 1.165) is 43.4 Å². The fourth-order valence-electron chi connectivity index (χ4n) is 7.57. The molecule has 4 aliphatic rings. The van der Waals surface area contributed by atoms with Gasteiger partial charge in [-0.2, -0.15) is 0 Å². The van der Waals surface area contributed by atoms with Crippen molar-refractivity contribution >= 4 is 5.78 Å². The van der Waals surface area contributed by atoms with Crippen LogP contribution in [0.3, 0.4) is 0 Å². The van der Waals surface area contributed by atoms with E-state index in [4.69, 9.17) is 4.74 Å². The number of aliphatic hydroxyl groups is 1. The fourth-order valence-corrected chi connectivity index (χ4v) is 7.57. The zero-order valence-electron chi connectivity index (χ0n) is 16.8. The minimum Gasteiger partial charge on any atom is -0.383 e. The van der Waals surface area contributed by atoms with Crippen LogP contribution >= 0.6 is 0 Å². The molecule has 3 saturated carbocycles. The van der Waals surface area contributed by atoms with Crippen molar-refractivity contribution in [3.05, 3.63) is 11.6 Å². The van der Waals surface area contributed by atoms with Crippen molar-refractivity contribution in [2.24, 2.45) is 35.0 Å². The third-order valence-electron chi connectivity index (χ3n) is 8.73. The second-order valence-corrected chi connectivity index (χ2v) is 9.87. The predicted molar refractivity (Wildman–Crippen MR) is 103 cm³/mol. The molecule has 1 N–H and O–H groups in total. The summed E-state index contributed by atoms with van der Waals surface area (Å²) in [5.74, 6) is 3.79. The third kappa shape index (κ3) is 2.81. The van der Waals surface area contributed by atoms with E-state index in [9.17, 15) is 9.90 Å². The number of ketones is 1. The molecule has 3 nitrogen and oxygen atoms in total. The Morgan fingerprint density at radius 1 is 1.19 bits per heavy atom. The third-order valence-corrected chi connectivity index (χ3v) is 8.73. The molecule has 7 atom stereocenters. The molecule has 3 fully saturated rings. The molecule has 0 aromatic carbocycles. The molecule has 146 valence electrons. The summed E-state index contributed by atoms with van der Waals surface area (Å²) in [5.41, 5.74) is 1.00. The second kappa shape index (κ2) is 6.74. The van der Waals surface area contributed by atoms with Gasteiger partial charge in [0.1, 0.15) is 11.4 Å². The molecule has 0 aromatic heterocycles. The first-order valence-corrected chi connectivity index (χ1v) is 10.9. The minimum absolute atomic E-state index is 0.251. The number of ether oxygens (including phenoxy) is 1. The van der Waals surface area contributed by atoms with Gasteiger partial charge in [0, 0.05) is 19.4 Å². The lowest BCUT2D eigenvalue weighted by Crippen LogP contribution is -2.48. The number of allylic oxidation sites excluding steroid dienone is 1. The van der Waals surface area contributed by atoms with Gasteiger partial charge in [0.15, 0.2) is 0 Å². The van der Waals surface area contributed by atoms with Gasteiger partial charge in [-0.15, -0.1) is 0 Å². The fraction of sp³-hybridized carbons (Fsp3) is 0.870. The number of fused-ring (bicyclic) bond motifs is 5. The van der Waals surface area contributed by atoms with Crippen LogP contribution < -0.4 is 0 Å². The summed E-state index contributed by atoms with van der Waals surface area (Å²) in [7, 11) is 1.68. The maximum atomic E-state index is 12.5. The zero-order valence-corrected chi connectivity index (χ0v) is 16.8. The maximum absolute atomic E-state index is 12.5. The van der Waals surface area contributed by atoms with Crippen LogP contribution in [0, 0.1) is 35.0 Å². The van der Waals surface area contributed by atoms with E-state index in [1.807, 2.05) is 6.92 Å². The predicted octanol–water partition coefficient (Wildman–Crippen LogP) is 4.53. The van der Waals surface area contributed by atoms with E-state index in [2.05, 4.69) is 13.0 Å². The molecule has 0 unspecified atom stereocenters. The van der Waals surface area contributed by atoms with E-state index in [0.29, 0.717) is 30.6 Å². The van der Waals surface area contributed by atoms with E-state index in [-0.39, 0.29) is 5.41 Å². The van der Waals surface area contributed by atoms with Crippen LogP contribution in [0.15, 0.2) is 11.6 Å². The Balaban J connectivity index is 1.55. The van der Waals surface area contributed by atoms with Gasteiger partial charge in [-0.25, -0.2) is 0 Å². The molecule has 0 spiro atoms. The Morgan fingerprint density at radius 2 is 2.00 bits per heavy atom. The average Bonchev–Trinajstić information content (AvgIpc) is 2.98. The highest BCUT2D eigenvalue weighted by molar-refractivity contribution is 5.82. The molecule has 0 amide bonds. The number of carbonyl (C=O) groups excluding carboxylic acids is 1. The van der Waals surface area contributed by atoms with Gasteiger partial charge in [0.05, 0.1) is 6.61 Å². The Bertz CT molecular complexity index is 596. The first-order chi connectivity index (χ1) is 12.4. The maximum Gasteiger partial charge on any atom is 0.136 e. The van der Waals surface area contributed by atoms with Crippen molar-refractivity contribution in [1.82, 2.24) is 0 Å². The number of carbonyl (C=O) groups is 1. The summed E-state index contributed by atoms with van der Waals surface area (Å²) in [5, 5.41) is 10.8. The lowest BCUT2D eigenvalue weighted by atomic mass is 9.50. The molecule has 0 aromatic rings. The molecule has 26 heavy (non-hydrogen) atoms. The quantitative estimate of drug-likeness (QED) is 0.749. The summed E-state index contributed by atoms with van der Waals surface area (Å²) in [6.45, 7) is 4.88. The number of rotatable bonds is 4. The Kier molecular flexibility index (Phi) is 4.84. The van der Waals surface area contributed by atoms with E-state index in [1.165, 1.54) is 31.3 Å². The average molecular weight is 361 g/mol. The molecule has 0 heterocycles. The highest BCUT2D eigenvalue weighted by Crippen LogP contribution is 2.64. The van der Waals surface area contributed by atoms with Crippen molar-refractivity contribution in [2.45, 2.75) is 77.2 Å². The van der Waals surface area contributed by atoms with Crippen molar-refractivity contribution < 1.29 is 14.6 Å². The van der Waals surface area contributed by atoms with Gasteiger partial charge in [-0.1, -0.05) is 25.5 Å². The number of methoxy groups -OCH3 is 1. The van der Waals surface area contributed by atoms with E-state index in [1.54, 1.807) is 7.11 Å². The standard InChI is InChI=1S/C23H36O3/c1-4-21(24)20-8-7-19-18-6-5-15-13-23(25,14-26-3)12-10-16(15)17(18)9-11-22(19,20)2/h13,16-20,25H,4-12,14H2,1-3H3/t16-,17+,18+,19-,20+,22-,23+/m0/s1. The molecule has 0 bridgehead atoms. The normalized spacial score (nSPS) is 47.5. The van der Waals surface area contributed by atoms with Gasteiger partial charge >= 0.3 is 0 Å². The van der Waals surface area contributed by atoms with Gasteiger partial charge in [0.25, 0.3) is 0 Å². The van der Waals surface area contributed by atoms with Gasteiger partial charge < -0.3 is 9.84 Å². The minimum atomic E-state index is -0.747. The first-order valence-electron chi connectivity index (χ1n) is 10.9. The summed E-state index contributed by atoms with van der Waals surface area (Å²) in [6, 6.07) is 0. The summed E-state index contributed by atoms with van der Waals surface area (Å²) >= 11 is 0. The summed E-state index contributed by atoms with van der Waals surface area (Å²) in [6.07, 6.45) is 12.1. The molecule has 0 radical (unpaired) electrons. The van der Waals surface area contributed by atoms with Crippen LogP contribution in [0.5, 0.6) is 0 Å². The highest BCUT2D eigenvalue weighted by Gasteiger charge is 2.57. The molecule has 3 heteroatoms. The van der Waals surface area contributed by atoms with Gasteiger partial charge in [-0.05, 0) is 80.5 Å². The van der Waals surface area contributed by atoms with E-state index >= 15 is 0 Å². The molecular formula is C23H36O3. The molecule has 4 aliphatic carbocycles. The summed E-state index contributed by atoms with van der Waals surface area (Å²) in [4.78, 5) is 12.5. The molecular weight excluding hydrogens is 324 g/mol. The SMILES string of the molecule is CCC(=O)[C@H]1CC[C@H]2[C@@H]3CCC4=C[C@@](O)(COC)CC[C@@H]4[C@H]3CC[C@]12C. The number of hydrogen-bond acceptors (Lipinski definition) is 3. The molecule has 0 saturated heterocycles. The van der Waals surface area contributed by atoms with Crippen molar-refractivity contribution in [3.63, 3.8) is 0 Å². The smallest absolute Gasteiger partial charge is 0.136 e. The van der Waals surface area contributed by atoms with Crippen LogP contribution in [0.4, 0.5) is 0 Å². The zero-order chi connectivity index (χ0) is 18.5. The Morgan fingerprint density at radius 3 is 2.73 bits per heavy atom. The number of hydrogen-bond donors (Lipinski definition) is 1. The van der Waals surface area contributed by atoms with Crippen LogP contribution in [0.25, 0.3) is 0 Å². The highest BCUT2D eigenvalue weighted by atomic mass is 16.5. The van der Waals surface area contributed by atoms with Crippen molar-refractivity contribution in [1.29, 1.82) is 0 Å². The monoisotopic (exact) mass is 360 g/mol. The lowest BCUT2D eigenvalue weighted by molar-refractivity contribution is -0.128. The largest absolute Gasteiger partial charge is 0.383 e. The lowest BCUT2D eigenvalue weighted by Gasteiger charge is -2.54. The number of Topliss-reactive ketones (excluding diaryl/α,β-unsaturated/α-hetero) is 1. The van der Waals surface area contributed by atoms with Crippen LogP contribution in [0.1, 0.15) is 71.6 Å². The van der Waals surface area contributed by atoms with Crippen LogP contribution in [0.2, 0.25) is 0 Å². The molecule has 0 aliphatic heterocycles. The van der Waals surface area contributed by atoms with E-state index < -0.39 is 5.60 Å². The topological polar surface area (TPSA) is 46.5 Å². The van der Waals surface area contributed by atoms with Crippen LogP contribution in [-0.2, 0) is 9.53 Å². The van der Waals surface area contributed by atoms with Gasteiger partial charge in [-0.3, -0.25) is 4.79 Å². The molecule has 4 rings (SSSR count). The van der Waals surface area contributed by atoms with Crippen molar-refractivity contribution in [3.8, 4) is 0 Å². The first kappa shape index (κ1) is 18.7. The van der Waals surface area contributed by atoms with Crippen LogP contribution in [-0.4, -0.2) is 30.2 Å². The van der Waals surface area contributed by atoms with Gasteiger partial charge in [0.2, 0.25) is 0 Å². The second-order valence-electron chi connectivity index (χ2n) is 9.87.